The minimum Gasteiger partial charge on any atom is -0.496 e. The van der Waals surface area contributed by atoms with Crippen molar-refractivity contribution in [2.45, 2.75) is 51.8 Å². The van der Waals surface area contributed by atoms with Gasteiger partial charge in [-0.1, -0.05) is 25.1 Å². The van der Waals surface area contributed by atoms with Gasteiger partial charge in [-0.25, -0.2) is 0 Å². The van der Waals surface area contributed by atoms with Crippen LogP contribution in [0.4, 0.5) is 0 Å². The van der Waals surface area contributed by atoms with E-state index in [-0.39, 0.29) is 6.10 Å². The van der Waals surface area contributed by atoms with E-state index in [9.17, 15) is 0 Å². The van der Waals surface area contributed by atoms with E-state index in [0.717, 1.165) is 62.1 Å². The van der Waals surface area contributed by atoms with Gasteiger partial charge in [-0.2, -0.15) is 0 Å². The van der Waals surface area contributed by atoms with Crippen molar-refractivity contribution in [1.82, 2.24) is 25.0 Å². The zero-order chi connectivity index (χ0) is 21.2. The van der Waals surface area contributed by atoms with Crippen molar-refractivity contribution in [3.63, 3.8) is 0 Å². The van der Waals surface area contributed by atoms with Gasteiger partial charge in [-0.3, -0.25) is 4.99 Å². The van der Waals surface area contributed by atoms with Crippen molar-refractivity contribution in [2.24, 2.45) is 4.99 Å². The van der Waals surface area contributed by atoms with Crippen LogP contribution >= 0.6 is 0 Å². The standard InChI is InChI=1S/C22H34N6O2/c1-4-21-26-25-17-28(21)13-12-23-22(24-15-19-10-7-8-14-30-19)27(2)16-18-9-5-6-11-20(18)29-3/h5-6,9,11,17,19H,4,7-8,10,12-16H2,1-3H3,(H,23,24). The first kappa shape index (κ1) is 22.1. The molecule has 2 heterocycles. The lowest BCUT2D eigenvalue weighted by Crippen LogP contribution is -2.41. The molecular formula is C22H34N6O2. The van der Waals surface area contributed by atoms with Crippen LogP contribution in [0.2, 0.25) is 0 Å². The van der Waals surface area contributed by atoms with E-state index in [1.54, 1.807) is 13.4 Å². The molecule has 1 unspecified atom stereocenters. The first-order chi connectivity index (χ1) is 14.7. The summed E-state index contributed by atoms with van der Waals surface area (Å²) in [6, 6.07) is 8.09. The summed E-state index contributed by atoms with van der Waals surface area (Å²) in [7, 11) is 3.76. The molecular weight excluding hydrogens is 380 g/mol. The lowest BCUT2D eigenvalue weighted by molar-refractivity contribution is 0.0223. The quantitative estimate of drug-likeness (QED) is 0.502. The molecule has 8 heteroatoms. The Morgan fingerprint density at radius 3 is 3.00 bits per heavy atom. The van der Waals surface area contributed by atoms with Gasteiger partial charge in [0.2, 0.25) is 0 Å². The van der Waals surface area contributed by atoms with Crippen molar-refractivity contribution in [3.05, 3.63) is 42.0 Å². The number of aliphatic imine (C=N–C) groups is 1. The third-order valence-electron chi connectivity index (χ3n) is 5.33. The Balaban J connectivity index is 1.65. The number of guanidine groups is 1. The van der Waals surface area contributed by atoms with E-state index in [4.69, 9.17) is 14.5 Å². The SMILES string of the molecule is CCc1nncn1CCNC(=NCC1CCCCO1)N(C)Cc1ccccc1OC. The Kier molecular flexibility index (Phi) is 8.50. The highest BCUT2D eigenvalue weighted by atomic mass is 16.5. The summed E-state index contributed by atoms with van der Waals surface area (Å²) in [6.07, 6.45) is 6.30. The molecule has 1 N–H and O–H groups in total. The van der Waals surface area contributed by atoms with Crippen molar-refractivity contribution in [3.8, 4) is 5.75 Å². The fourth-order valence-corrected chi connectivity index (χ4v) is 3.64. The molecule has 1 aromatic carbocycles. The van der Waals surface area contributed by atoms with Crippen LogP contribution in [-0.2, 0) is 24.2 Å². The minimum atomic E-state index is 0.208. The Hall–Kier alpha value is -2.61. The van der Waals surface area contributed by atoms with Crippen molar-refractivity contribution in [2.75, 3.05) is 33.9 Å². The summed E-state index contributed by atoms with van der Waals surface area (Å²) in [5.41, 5.74) is 1.12. The van der Waals surface area contributed by atoms with Gasteiger partial charge in [0, 0.05) is 45.3 Å². The van der Waals surface area contributed by atoms with Crippen LogP contribution in [0.15, 0.2) is 35.6 Å². The number of rotatable bonds is 9. The summed E-state index contributed by atoms with van der Waals surface area (Å²) in [5.74, 6) is 2.74. The van der Waals surface area contributed by atoms with Crippen molar-refractivity contribution >= 4 is 5.96 Å². The predicted molar refractivity (Wildman–Crippen MR) is 118 cm³/mol. The van der Waals surface area contributed by atoms with Gasteiger partial charge < -0.3 is 24.3 Å². The van der Waals surface area contributed by atoms with E-state index < -0.39 is 0 Å². The third kappa shape index (κ3) is 6.19. The molecule has 0 radical (unpaired) electrons. The van der Waals surface area contributed by atoms with Crippen LogP contribution in [0, 0.1) is 0 Å². The number of hydrogen-bond acceptors (Lipinski definition) is 5. The molecule has 1 aromatic heterocycles. The highest BCUT2D eigenvalue weighted by molar-refractivity contribution is 5.79. The highest BCUT2D eigenvalue weighted by Crippen LogP contribution is 2.19. The van der Waals surface area contributed by atoms with Gasteiger partial charge in [0.15, 0.2) is 5.96 Å². The molecule has 1 aliphatic heterocycles. The zero-order valence-corrected chi connectivity index (χ0v) is 18.4. The average molecular weight is 415 g/mol. The van der Waals surface area contributed by atoms with Crippen LogP contribution < -0.4 is 10.1 Å². The molecule has 164 valence electrons. The maximum Gasteiger partial charge on any atom is 0.194 e. The summed E-state index contributed by atoms with van der Waals surface area (Å²) in [6.45, 7) is 5.84. The van der Waals surface area contributed by atoms with Crippen LogP contribution in [0.25, 0.3) is 0 Å². The number of nitrogens with one attached hydrogen (secondary N) is 1. The minimum absolute atomic E-state index is 0.208. The van der Waals surface area contributed by atoms with E-state index in [2.05, 4.69) is 45.0 Å². The Bertz CT molecular complexity index is 800. The monoisotopic (exact) mass is 414 g/mol. The molecule has 0 amide bonds. The fourth-order valence-electron chi connectivity index (χ4n) is 3.64. The maximum atomic E-state index is 5.86. The zero-order valence-electron chi connectivity index (χ0n) is 18.4. The van der Waals surface area contributed by atoms with Crippen molar-refractivity contribution < 1.29 is 9.47 Å². The number of aryl methyl sites for hydroxylation is 1. The molecule has 0 saturated carbocycles. The molecule has 2 aromatic rings. The molecule has 0 spiro atoms. The van der Waals surface area contributed by atoms with Gasteiger partial charge in [-0.15, -0.1) is 10.2 Å². The number of methoxy groups -OCH3 is 1. The summed E-state index contributed by atoms with van der Waals surface area (Å²) < 4.78 is 13.5. The van der Waals surface area contributed by atoms with Crippen LogP contribution in [0.1, 0.15) is 37.6 Å². The van der Waals surface area contributed by atoms with Crippen molar-refractivity contribution in [1.29, 1.82) is 0 Å². The topological polar surface area (TPSA) is 76.8 Å². The van der Waals surface area contributed by atoms with E-state index >= 15 is 0 Å². The molecule has 0 aliphatic carbocycles. The van der Waals surface area contributed by atoms with E-state index in [1.165, 1.54) is 6.42 Å². The summed E-state index contributed by atoms with van der Waals surface area (Å²) >= 11 is 0. The Morgan fingerprint density at radius 2 is 2.23 bits per heavy atom. The van der Waals surface area contributed by atoms with E-state index in [0.29, 0.717) is 13.1 Å². The Morgan fingerprint density at radius 1 is 1.37 bits per heavy atom. The first-order valence-electron chi connectivity index (χ1n) is 10.8. The van der Waals surface area contributed by atoms with Gasteiger partial charge in [0.1, 0.15) is 17.9 Å². The molecule has 1 fully saturated rings. The fraction of sp³-hybridized carbons (Fsp3) is 0.591. The normalized spacial score (nSPS) is 17.0. The van der Waals surface area contributed by atoms with Gasteiger partial charge >= 0.3 is 0 Å². The molecule has 1 saturated heterocycles. The number of para-hydroxylation sites is 1. The lowest BCUT2D eigenvalue weighted by atomic mass is 10.1. The van der Waals surface area contributed by atoms with Crippen LogP contribution in [-0.4, -0.2) is 65.6 Å². The second kappa shape index (κ2) is 11.5. The third-order valence-corrected chi connectivity index (χ3v) is 5.33. The number of hydrogen-bond donors (Lipinski definition) is 1. The maximum absolute atomic E-state index is 5.86. The number of benzene rings is 1. The molecule has 8 nitrogen and oxygen atoms in total. The predicted octanol–water partition coefficient (Wildman–Crippen LogP) is 2.50. The second-order valence-electron chi connectivity index (χ2n) is 7.54. The number of nitrogens with zero attached hydrogens (tertiary/aromatic N) is 5. The molecule has 1 atom stereocenters. The molecule has 3 rings (SSSR count). The summed E-state index contributed by atoms with van der Waals surface area (Å²) in [4.78, 5) is 7.02. The number of aromatic nitrogens is 3. The average Bonchev–Trinajstić information content (AvgIpc) is 3.24. The number of ether oxygens (including phenoxy) is 2. The highest BCUT2D eigenvalue weighted by Gasteiger charge is 2.15. The Labute approximate surface area is 179 Å². The second-order valence-corrected chi connectivity index (χ2v) is 7.54. The largest absolute Gasteiger partial charge is 0.496 e. The van der Waals surface area contributed by atoms with E-state index in [1.807, 2.05) is 18.2 Å². The first-order valence-corrected chi connectivity index (χ1v) is 10.8. The van der Waals surface area contributed by atoms with Crippen LogP contribution in [0.5, 0.6) is 5.75 Å². The van der Waals surface area contributed by atoms with Gasteiger partial charge in [-0.05, 0) is 25.3 Å². The van der Waals surface area contributed by atoms with Crippen LogP contribution in [0.3, 0.4) is 0 Å². The van der Waals surface area contributed by atoms with Gasteiger partial charge in [0.25, 0.3) is 0 Å². The molecule has 30 heavy (non-hydrogen) atoms. The summed E-state index contributed by atoms with van der Waals surface area (Å²) in [5, 5.41) is 11.7. The lowest BCUT2D eigenvalue weighted by Gasteiger charge is -2.25. The van der Waals surface area contributed by atoms with Gasteiger partial charge in [0.05, 0.1) is 19.8 Å². The smallest absolute Gasteiger partial charge is 0.194 e. The molecule has 0 bridgehead atoms. The molecule has 1 aliphatic rings.